The average molecular weight is 172 g/mol. The van der Waals surface area contributed by atoms with Crippen LogP contribution in [0.3, 0.4) is 0 Å². The van der Waals surface area contributed by atoms with Crippen LogP contribution in [0.5, 0.6) is 0 Å². The summed E-state index contributed by atoms with van der Waals surface area (Å²) in [4.78, 5) is 11.1. The van der Waals surface area contributed by atoms with Gasteiger partial charge in [-0.05, 0) is 6.92 Å². The quantitative estimate of drug-likeness (QED) is 0.263. The van der Waals surface area contributed by atoms with Gasteiger partial charge in [-0.3, -0.25) is 4.79 Å². The number of hydrogen-bond acceptors (Lipinski definition) is 5. The largest absolute Gasteiger partial charge is 0.465 e. The first-order chi connectivity index (χ1) is 5.76. The highest BCUT2D eigenvalue weighted by Crippen LogP contribution is 2.26. The molecule has 0 aromatic carbocycles. The molecule has 68 valence electrons. The Labute approximate surface area is 70.5 Å². The molecule has 0 aromatic rings. The predicted molar refractivity (Wildman–Crippen MR) is 41.2 cm³/mol. The lowest BCUT2D eigenvalue weighted by Crippen LogP contribution is -2.23. The summed E-state index contributed by atoms with van der Waals surface area (Å²) in [6, 6.07) is -0.582. The first kappa shape index (κ1) is 9.18. The first-order valence-corrected chi connectivity index (χ1v) is 3.73. The van der Waals surface area contributed by atoms with Gasteiger partial charge >= 0.3 is 5.97 Å². The highest BCUT2D eigenvalue weighted by atomic mass is 16.5. The maximum absolute atomic E-state index is 11.1. The summed E-state index contributed by atoms with van der Waals surface area (Å²) in [7, 11) is 0. The Morgan fingerprint density at radius 3 is 2.92 bits per heavy atom. The molecule has 0 saturated carbocycles. The molecule has 2 unspecified atom stereocenters. The molecule has 12 heavy (non-hydrogen) atoms. The van der Waals surface area contributed by atoms with Crippen LogP contribution in [-0.4, -0.2) is 34.9 Å². The number of ether oxygens (including phenoxy) is 1. The van der Waals surface area contributed by atoms with E-state index < -0.39 is 6.04 Å². The molecule has 1 rings (SSSR count). The molecule has 3 atom stereocenters. The highest BCUT2D eigenvalue weighted by Gasteiger charge is 2.52. The van der Waals surface area contributed by atoms with Crippen molar-refractivity contribution in [3.63, 3.8) is 0 Å². The molecule has 5 heteroatoms. The molecule has 1 saturated heterocycles. The number of hydrogen-bond donors (Lipinski definition) is 2. The minimum atomic E-state index is -0.424. The Morgan fingerprint density at radius 1 is 1.92 bits per heavy atom. The van der Waals surface area contributed by atoms with Crippen molar-refractivity contribution >= 4 is 5.97 Å². The molecule has 0 radical (unpaired) electrons. The van der Waals surface area contributed by atoms with Crippen molar-refractivity contribution in [1.82, 2.24) is 10.6 Å². The van der Waals surface area contributed by atoms with Crippen molar-refractivity contribution in [3.8, 4) is 0 Å². The van der Waals surface area contributed by atoms with Crippen LogP contribution in [0.2, 0.25) is 0 Å². The molecule has 0 spiro atoms. The van der Waals surface area contributed by atoms with Gasteiger partial charge in [-0.1, -0.05) is 6.08 Å². The van der Waals surface area contributed by atoms with Crippen LogP contribution in [0, 0.1) is 0 Å². The summed E-state index contributed by atoms with van der Waals surface area (Å²) in [6.45, 7) is 5.59. The molecule has 2 N–H and O–H groups in total. The van der Waals surface area contributed by atoms with Gasteiger partial charge in [0, 0.05) is 0 Å². The monoisotopic (exact) mass is 172 g/mol. The van der Waals surface area contributed by atoms with E-state index in [-0.39, 0.29) is 12.0 Å². The Morgan fingerprint density at radius 2 is 2.58 bits per heavy atom. The summed E-state index contributed by atoms with van der Waals surface area (Å²) in [5, 5.41) is 9.87. The third-order valence-electron chi connectivity index (χ3n) is 1.74. The molecule has 0 bridgehead atoms. The molecule has 0 amide bonds. The van der Waals surface area contributed by atoms with E-state index in [0.29, 0.717) is 6.61 Å². The number of nitrogens with zero attached hydrogens (tertiary/aromatic N) is 1. The topological polar surface area (TPSA) is 61.6 Å². The van der Waals surface area contributed by atoms with E-state index in [9.17, 15) is 4.79 Å². The van der Waals surface area contributed by atoms with Gasteiger partial charge in [0.15, 0.2) is 0 Å². The normalized spacial score (nSPS) is 32.7. The second-order valence-corrected chi connectivity index (χ2v) is 2.43. The second-order valence-electron chi connectivity index (χ2n) is 2.43. The van der Waals surface area contributed by atoms with Crippen LogP contribution < -0.4 is 5.59 Å². The molecule has 1 aliphatic rings. The van der Waals surface area contributed by atoms with Crippen molar-refractivity contribution in [3.05, 3.63) is 12.7 Å². The summed E-state index contributed by atoms with van der Waals surface area (Å²) < 4.78 is 4.75. The Hall–Kier alpha value is -0.910. The van der Waals surface area contributed by atoms with Crippen LogP contribution >= 0.6 is 0 Å². The van der Waals surface area contributed by atoms with E-state index in [0.717, 1.165) is 0 Å². The van der Waals surface area contributed by atoms with Gasteiger partial charge in [0.25, 0.3) is 0 Å². The lowest BCUT2D eigenvalue weighted by molar-refractivity contribution is -0.144. The van der Waals surface area contributed by atoms with Gasteiger partial charge in [0.1, 0.15) is 6.04 Å². The molecule has 1 fully saturated rings. The number of carbonyl (C=O) groups excluding carboxylic acids is 1. The van der Waals surface area contributed by atoms with Crippen molar-refractivity contribution in [1.29, 1.82) is 0 Å². The van der Waals surface area contributed by atoms with Crippen LogP contribution in [0.15, 0.2) is 12.7 Å². The van der Waals surface area contributed by atoms with Gasteiger partial charge in [-0.25, -0.2) is 0 Å². The van der Waals surface area contributed by atoms with Crippen molar-refractivity contribution < 1.29 is 14.7 Å². The molecular weight excluding hydrogens is 160 g/mol. The lowest BCUT2D eigenvalue weighted by atomic mass is 10.3. The third-order valence-corrected chi connectivity index (χ3v) is 1.74. The highest BCUT2D eigenvalue weighted by molar-refractivity contribution is 5.80. The Kier molecular flexibility index (Phi) is 2.80. The minimum absolute atomic E-state index is 0.158. The van der Waals surface area contributed by atoms with E-state index in [1.54, 1.807) is 13.0 Å². The van der Waals surface area contributed by atoms with E-state index in [1.807, 2.05) is 5.59 Å². The van der Waals surface area contributed by atoms with Crippen LogP contribution in [0.1, 0.15) is 6.92 Å². The maximum Gasteiger partial charge on any atom is 0.326 e. The van der Waals surface area contributed by atoms with Crippen LogP contribution in [-0.2, 0) is 9.53 Å². The molecule has 1 heterocycles. The van der Waals surface area contributed by atoms with Gasteiger partial charge in [-0.15, -0.1) is 12.2 Å². The average Bonchev–Trinajstić information content (AvgIpc) is 2.77. The molecule has 5 nitrogen and oxygen atoms in total. The number of carbonyl (C=O) groups is 1. The van der Waals surface area contributed by atoms with Crippen molar-refractivity contribution in [2.24, 2.45) is 0 Å². The fourth-order valence-electron chi connectivity index (χ4n) is 1.10. The predicted octanol–water partition coefficient (Wildman–Crippen LogP) is -0.318. The fraction of sp³-hybridized carbons (Fsp3) is 0.571. The number of rotatable bonds is 4. The lowest BCUT2D eigenvalue weighted by Gasteiger charge is -1.98. The van der Waals surface area contributed by atoms with Gasteiger partial charge in [0.05, 0.1) is 12.6 Å². The summed E-state index contributed by atoms with van der Waals surface area (Å²) in [6.07, 6.45) is 1.57. The SMILES string of the molecule is C=C[C@H]1C(C(=O)OCC)N1NO. The van der Waals surface area contributed by atoms with Crippen molar-refractivity contribution in [2.45, 2.75) is 19.0 Å². The van der Waals surface area contributed by atoms with E-state index in [4.69, 9.17) is 9.94 Å². The zero-order valence-electron chi connectivity index (χ0n) is 6.86. The van der Waals surface area contributed by atoms with E-state index in [1.165, 1.54) is 5.01 Å². The maximum atomic E-state index is 11.1. The molecule has 0 aromatic heterocycles. The van der Waals surface area contributed by atoms with Gasteiger partial charge in [0.2, 0.25) is 0 Å². The standard InChI is InChI=1S/C7H12N2O3/c1-3-5-6(9(5)8-11)7(10)12-4-2/h3,5-6,8,11H,1,4H2,2H3/t5-,6?,9?/m0/s1. The zero-order chi connectivity index (χ0) is 9.14. The second kappa shape index (κ2) is 3.66. The molecule has 0 aliphatic carbocycles. The Balaban J connectivity index is 2.44. The van der Waals surface area contributed by atoms with Crippen LogP contribution in [0.4, 0.5) is 0 Å². The number of hydrazine groups is 1. The number of esters is 1. The third kappa shape index (κ3) is 1.47. The summed E-state index contributed by atoms with van der Waals surface area (Å²) >= 11 is 0. The minimum Gasteiger partial charge on any atom is -0.465 e. The molecular formula is C7H12N2O3. The smallest absolute Gasteiger partial charge is 0.326 e. The molecule has 1 aliphatic heterocycles. The summed E-state index contributed by atoms with van der Waals surface area (Å²) in [5.74, 6) is -0.344. The summed E-state index contributed by atoms with van der Waals surface area (Å²) in [5.41, 5.74) is 1.89. The van der Waals surface area contributed by atoms with E-state index in [2.05, 4.69) is 6.58 Å². The zero-order valence-corrected chi connectivity index (χ0v) is 6.86. The number of nitrogens with one attached hydrogen (secondary N) is 1. The van der Waals surface area contributed by atoms with Crippen LogP contribution in [0.25, 0.3) is 0 Å². The van der Waals surface area contributed by atoms with Crippen molar-refractivity contribution in [2.75, 3.05) is 6.61 Å². The van der Waals surface area contributed by atoms with Gasteiger partial charge < -0.3 is 9.94 Å². The van der Waals surface area contributed by atoms with E-state index >= 15 is 0 Å². The fourth-order valence-corrected chi connectivity index (χ4v) is 1.10. The Bertz CT molecular complexity index is 195. The first-order valence-electron chi connectivity index (χ1n) is 3.73. The van der Waals surface area contributed by atoms with Gasteiger partial charge in [-0.2, -0.15) is 5.01 Å².